The van der Waals surface area contributed by atoms with Crippen LogP contribution < -0.4 is 14.9 Å². The molecule has 3 aromatic rings. The summed E-state index contributed by atoms with van der Waals surface area (Å²) in [7, 11) is -3.60. The number of benzene rings is 3. The highest BCUT2D eigenvalue weighted by Crippen LogP contribution is 2.32. The summed E-state index contributed by atoms with van der Waals surface area (Å²) in [5.74, 6) is 0.526. The monoisotopic (exact) mass is 465 g/mol. The lowest BCUT2D eigenvalue weighted by molar-refractivity contribution is 0.592. The molecule has 0 radical (unpaired) electrons. The number of fused-ring (bicyclic) bond motifs is 1. The first kappa shape index (κ1) is 22.3. The average molecular weight is 466 g/mol. The first-order valence-electron chi connectivity index (χ1n) is 10.8. The molecule has 1 aliphatic rings. The van der Waals surface area contributed by atoms with E-state index in [1.165, 1.54) is 9.87 Å². The van der Waals surface area contributed by atoms with Gasteiger partial charge in [0.1, 0.15) is 0 Å². The van der Waals surface area contributed by atoms with Crippen molar-refractivity contribution in [3.8, 4) is 0 Å². The lowest BCUT2D eigenvalue weighted by Gasteiger charge is -2.20. The minimum Gasteiger partial charge on any atom is -0.332 e. The second kappa shape index (κ2) is 9.30. The van der Waals surface area contributed by atoms with Crippen molar-refractivity contribution in [3.05, 3.63) is 83.9 Å². The van der Waals surface area contributed by atoms with E-state index < -0.39 is 10.0 Å². The van der Waals surface area contributed by atoms with Crippen LogP contribution in [-0.4, -0.2) is 20.1 Å². The summed E-state index contributed by atoms with van der Waals surface area (Å²) < 4.78 is 27.8. The van der Waals surface area contributed by atoms with E-state index in [1.807, 2.05) is 36.4 Å². The van der Waals surface area contributed by atoms with Crippen LogP contribution in [0.25, 0.3) is 0 Å². The lowest BCUT2D eigenvalue weighted by atomic mass is 9.99. The molecular formula is C25H27N3O2S2. The fourth-order valence-corrected chi connectivity index (χ4v) is 5.56. The molecule has 1 heterocycles. The molecule has 0 aromatic heterocycles. The molecule has 0 amide bonds. The number of hydrogen-bond donors (Lipinski definition) is 2. The zero-order valence-electron chi connectivity index (χ0n) is 18.2. The van der Waals surface area contributed by atoms with Gasteiger partial charge < -0.3 is 10.6 Å². The molecule has 3 aromatic carbocycles. The van der Waals surface area contributed by atoms with Gasteiger partial charge in [-0.3, -0.25) is 4.31 Å². The van der Waals surface area contributed by atoms with Crippen LogP contribution in [0.15, 0.2) is 77.7 Å². The van der Waals surface area contributed by atoms with Gasteiger partial charge in [-0.15, -0.1) is 0 Å². The van der Waals surface area contributed by atoms with E-state index >= 15 is 0 Å². The SMILES string of the molecule is CC[C@@H](C)c1ccc(NC(=S)Nc2ccc(S(=O)(=O)N3CCc4ccccc43)cc2)cc1. The minimum absolute atomic E-state index is 0.263. The van der Waals surface area contributed by atoms with E-state index in [0.717, 1.165) is 35.5 Å². The standard InChI is InChI=1S/C25H27N3O2S2/c1-3-18(2)19-8-10-21(11-9-19)26-25(31)27-22-12-14-23(15-13-22)32(29,30)28-17-16-20-6-4-5-7-24(20)28/h4-15,18H,3,16-17H2,1-2H3,(H2,26,27,31)/t18-/m1/s1. The van der Waals surface area contributed by atoms with E-state index in [9.17, 15) is 8.42 Å². The highest BCUT2D eigenvalue weighted by atomic mass is 32.2. The van der Waals surface area contributed by atoms with Gasteiger partial charge in [-0.05, 0) is 84.6 Å². The fraction of sp³-hybridized carbons (Fsp3) is 0.240. The maximum atomic E-state index is 13.1. The van der Waals surface area contributed by atoms with Gasteiger partial charge in [0.05, 0.1) is 10.6 Å². The topological polar surface area (TPSA) is 61.4 Å². The first-order valence-corrected chi connectivity index (χ1v) is 12.6. The summed E-state index contributed by atoms with van der Waals surface area (Å²) >= 11 is 5.41. The molecule has 1 atom stereocenters. The van der Waals surface area contributed by atoms with Crippen LogP contribution in [0.3, 0.4) is 0 Å². The number of sulfonamides is 1. The van der Waals surface area contributed by atoms with Crippen molar-refractivity contribution in [1.82, 2.24) is 0 Å². The van der Waals surface area contributed by atoms with Crippen LogP contribution in [-0.2, 0) is 16.4 Å². The van der Waals surface area contributed by atoms with E-state index in [2.05, 4.69) is 36.6 Å². The van der Waals surface area contributed by atoms with Crippen molar-refractivity contribution in [2.24, 2.45) is 0 Å². The van der Waals surface area contributed by atoms with Crippen LogP contribution in [0.5, 0.6) is 0 Å². The fourth-order valence-electron chi connectivity index (χ4n) is 3.82. The third kappa shape index (κ3) is 4.64. The molecule has 7 heteroatoms. The normalized spacial score (nSPS) is 14.0. The van der Waals surface area contributed by atoms with Gasteiger partial charge in [0.25, 0.3) is 10.0 Å². The molecule has 2 N–H and O–H groups in total. The second-order valence-corrected chi connectivity index (χ2v) is 10.3. The van der Waals surface area contributed by atoms with Crippen LogP contribution in [0.1, 0.15) is 37.3 Å². The Morgan fingerprint density at radius 1 is 0.969 bits per heavy atom. The second-order valence-electron chi connectivity index (χ2n) is 7.99. The lowest BCUT2D eigenvalue weighted by Crippen LogP contribution is -2.29. The summed E-state index contributed by atoms with van der Waals surface area (Å²) in [5, 5.41) is 6.73. The Balaban J connectivity index is 1.41. The Bertz CT molecular complexity index is 1210. The number of anilines is 3. The molecule has 0 spiro atoms. The molecule has 32 heavy (non-hydrogen) atoms. The highest BCUT2D eigenvalue weighted by Gasteiger charge is 2.30. The van der Waals surface area contributed by atoms with Crippen LogP contribution in [0, 0.1) is 0 Å². The largest absolute Gasteiger partial charge is 0.332 e. The molecule has 1 aliphatic heterocycles. The Hall–Kier alpha value is -2.90. The predicted molar refractivity (Wildman–Crippen MR) is 136 cm³/mol. The van der Waals surface area contributed by atoms with Gasteiger partial charge in [0.15, 0.2) is 5.11 Å². The number of nitrogens with one attached hydrogen (secondary N) is 2. The Kier molecular flexibility index (Phi) is 6.48. The summed E-state index contributed by atoms with van der Waals surface area (Å²) in [6, 6.07) is 22.6. The van der Waals surface area contributed by atoms with Gasteiger partial charge in [-0.1, -0.05) is 44.2 Å². The maximum Gasteiger partial charge on any atom is 0.264 e. The van der Waals surface area contributed by atoms with Crippen LogP contribution in [0.4, 0.5) is 17.1 Å². The third-order valence-electron chi connectivity index (χ3n) is 5.89. The van der Waals surface area contributed by atoms with Gasteiger partial charge >= 0.3 is 0 Å². The summed E-state index contributed by atoms with van der Waals surface area (Å²) in [6.07, 6.45) is 1.83. The van der Waals surface area contributed by atoms with E-state index in [-0.39, 0.29) is 4.90 Å². The Labute approximate surface area is 195 Å². The molecule has 0 aliphatic carbocycles. The molecule has 0 unspecified atom stereocenters. The zero-order valence-corrected chi connectivity index (χ0v) is 19.8. The summed E-state index contributed by atoms with van der Waals surface area (Å²) in [5.41, 5.74) is 4.75. The molecule has 0 fully saturated rings. The summed E-state index contributed by atoms with van der Waals surface area (Å²) in [6.45, 7) is 4.85. The Morgan fingerprint density at radius 2 is 1.56 bits per heavy atom. The quantitative estimate of drug-likeness (QED) is 0.453. The van der Waals surface area contributed by atoms with Gasteiger partial charge in [-0.25, -0.2) is 8.42 Å². The minimum atomic E-state index is -3.60. The van der Waals surface area contributed by atoms with Crippen molar-refractivity contribution in [2.45, 2.75) is 37.5 Å². The summed E-state index contributed by atoms with van der Waals surface area (Å²) in [4.78, 5) is 0.263. The van der Waals surface area contributed by atoms with Crippen molar-refractivity contribution < 1.29 is 8.42 Å². The predicted octanol–water partition coefficient (Wildman–Crippen LogP) is 5.76. The number of nitrogens with zero attached hydrogens (tertiary/aromatic N) is 1. The number of para-hydroxylation sites is 1. The Morgan fingerprint density at radius 3 is 2.19 bits per heavy atom. The molecule has 4 rings (SSSR count). The van der Waals surface area contributed by atoms with Gasteiger partial charge in [-0.2, -0.15) is 0 Å². The number of thiocarbonyl (C=S) groups is 1. The molecule has 166 valence electrons. The van der Waals surface area contributed by atoms with Gasteiger partial charge in [0.2, 0.25) is 0 Å². The molecule has 0 bridgehead atoms. The average Bonchev–Trinajstić information content (AvgIpc) is 3.24. The van der Waals surface area contributed by atoms with Crippen molar-refractivity contribution in [2.75, 3.05) is 21.5 Å². The van der Waals surface area contributed by atoms with Crippen molar-refractivity contribution in [3.63, 3.8) is 0 Å². The maximum absolute atomic E-state index is 13.1. The molecular weight excluding hydrogens is 438 g/mol. The number of rotatable bonds is 6. The van der Waals surface area contributed by atoms with Crippen LogP contribution in [0.2, 0.25) is 0 Å². The van der Waals surface area contributed by atoms with Crippen LogP contribution >= 0.6 is 12.2 Å². The van der Waals surface area contributed by atoms with E-state index in [0.29, 0.717) is 17.6 Å². The van der Waals surface area contributed by atoms with Crippen molar-refractivity contribution >= 4 is 44.4 Å². The van der Waals surface area contributed by atoms with E-state index in [1.54, 1.807) is 24.3 Å². The zero-order chi connectivity index (χ0) is 22.7. The first-order chi connectivity index (χ1) is 15.4. The number of hydrogen-bond acceptors (Lipinski definition) is 3. The van der Waals surface area contributed by atoms with E-state index in [4.69, 9.17) is 12.2 Å². The molecule has 0 saturated heterocycles. The molecule has 0 saturated carbocycles. The third-order valence-corrected chi connectivity index (χ3v) is 7.93. The van der Waals surface area contributed by atoms with Crippen molar-refractivity contribution in [1.29, 1.82) is 0 Å². The highest BCUT2D eigenvalue weighted by molar-refractivity contribution is 7.92. The van der Waals surface area contributed by atoms with Gasteiger partial charge in [0, 0.05) is 17.9 Å². The smallest absolute Gasteiger partial charge is 0.264 e. The molecule has 5 nitrogen and oxygen atoms in total.